The topological polar surface area (TPSA) is 60.7 Å². The molecule has 0 spiro atoms. The molecular formula is C9H8N4O. The number of aldehydes is 1. The van der Waals surface area contributed by atoms with Crippen molar-refractivity contribution >= 4 is 6.29 Å². The van der Waals surface area contributed by atoms with Gasteiger partial charge in [-0.15, -0.1) is 0 Å². The van der Waals surface area contributed by atoms with Gasteiger partial charge in [0.2, 0.25) is 0 Å². The van der Waals surface area contributed by atoms with Crippen LogP contribution in [0.25, 0.3) is 5.69 Å². The van der Waals surface area contributed by atoms with Crippen molar-refractivity contribution in [2.45, 2.75) is 6.92 Å². The number of aryl methyl sites for hydroxylation is 1. The van der Waals surface area contributed by atoms with Gasteiger partial charge in [-0.2, -0.15) is 5.10 Å². The first kappa shape index (κ1) is 8.55. The quantitative estimate of drug-likeness (QED) is 0.653. The Morgan fingerprint density at radius 3 is 2.57 bits per heavy atom. The van der Waals surface area contributed by atoms with Gasteiger partial charge in [-0.05, 0) is 6.92 Å². The lowest BCUT2D eigenvalue weighted by Crippen LogP contribution is -1.97. The molecule has 0 aliphatic rings. The van der Waals surface area contributed by atoms with Crippen molar-refractivity contribution in [2.24, 2.45) is 0 Å². The Morgan fingerprint density at radius 1 is 1.29 bits per heavy atom. The summed E-state index contributed by atoms with van der Waals surface area (Å²) < 4.78 is 1.56. The Hall–Kier alpha value is -2.04. The summed E-state index contributed by atoms with van der Waals surface area (Å²) >= 11 is 0. The van der Waals surface area contributed by atoms with Crippen molar-refractivity contribution in [3.05, 3.63) is 36.2 Å². The van der Waals surface area contributed by atoms with Crippen molar-refractivity contribution in [2.75, 3.05) is 0 Å². The SMILES string of the molecule is Cc1ncc(-n2cc(C=O)cn2)cn1. The van der Waals surface area contributed by atoms with E-state index in [1.54, 1.807) is 23.3 Å². The van der Waals surface area contributed by atoms with Gasteiger partial charge in [0.05, 0.1) is 24.2 Å². The molecule has 0 aliphatic heterocycles. The van der Waals surface area contributed by atoms with Crippen LogP contribution in [0.1, 0.15) is 16.2 Å². The van der Waals surface area contributed by atoms with Crippen LogP contribution < -0.4 is 0 Å². The molecule has 0 amide bonds. The Kier molecular flexibility index (Phi) is 2.06. The maximum absolute atomic E-state index is 10.4. The molecule has 2 rings (SSSR count). The van der Waals surface area contributed by atoms with Gasteiger partial charge in [-0.3, -0.25) is 4.79 Å². The molecule has 0 saturated carbocycles. The third-order valence-electron chi connectivity index (χ3n) is 1.77. The summed E-state index contributed by atoms with van der Waals surface area (Å²) in [5.74, 6) is 0.705. The number of hydrogen-bond acceptors (Lipinski definition) is 4. The van der Waals surface area contributed by atoms with E-state index in [9.17, 15) is 4.79 Å². The van der Waals surface area contributed by atoms with E-state index in [0.717, 1.165) is 12.0 Å². The molecule has 0 saturated heterocycles. The fourth-order valence-electron chi connectivity index (χ4n) is 1.04. The van der Waals surface area contributed by atoms with Gasteiger partial charge in [0.15, 0.2) is 6.29 Å². The number of nitrogens with zero attached hydrogens (tertiary/aromatic N) is 4. The highest BCUT2D eigenvalue weighted by molar-refractivity contribution is 5.73. The molecule has 0 bridgehead atoms. The maximum atomic E-state index is 10.4. The lowest BCUT2D eigenvalue weighted by molar-refractivity contribution is 0.112. The average Bonchev–Trinajstić information content (AvgIpc) is 2.67. The van der Waals surface area contributed by atoms with Gasteiger partial charge in [-0.1, -0.05) is 0 Å². The van der Waals surface area contributed by atoms with Crippen molar-refractivity contribution in [1.82, 2.24) is 19.7 Å². The van der Waals surface area contributed by atoms with Crippen LogP contribution in [0.3, 0.4) is 0 Å². The first-order valence-corrected chi connectivity index (χ1v) is 4.08. The number of carbonyl (C=O) groups excluding carboxylic acids is 1. The average molecular weight is 188 g/mol. The van der Waals surface area contributed by atoms with Crippen LogP contribution in [0.2, 0.25) is 0 Å². The van der Waals surface area contributed by atoms with Gasteiger partial charge < -0.3 is 0 Å². The van der Waals surface area contributed by atoms with Crippen molar-refractivity contribution in [3.8, 4) is 5.69 Å². The normalized spacial score (nSPS) is 10.1. The van der Waals surface area contributed by atoms with E-state index in [1.807, 2.05) is 6.92 Å². The van der Waals surface area contributed by atoms with Crippen LogP contribution in [0.4, 0.5) is 0 Å². The van der Waals surface area contributed by atoms with Crippen molar-refractivity contribution < 1.29 is 4.79 Å². The van der Waals surface area contributed by atoms with Gasteiger partial charge >= 0.3 is 0 Å². The smallest absolute Gasteiger partial charge is 0.153 e. The van der Waals surface area contributed by atoms with E-state index in [1.165, 1.54) is 6.20 Å². The Bertz CT molecular complexity index is 446. The van der Waals surface area contributed by atoms with Crippen LogP contribution >= 0.6 is 0 Å². The summed E-state index contributed by atoms with van der Waals surface area (Å²) in [6.07, 6.45) is 7.18. The molecular weight excluding hydrogens is 180 g/mol. The minimum Gasteiger partial charge on any atom is -0.298 e. The van der Waals surface area contributed by atoms with Crippen LogP contribution in [-0.4, -0.2) is 26.0 Å². The Morgan fingerprint density at radius 2 is 2.00 bits per heavy atom. The second-order valence-corrected chi connectivity index (χ2v) is 2.82. The molecule has 0 fully saturated rings. The third kappa shape index (κ3) is 1.52. The molecule has 2 aromatic heterocycles. The lowest BCUT2D eigenvalue weighted by atomic mass is 10.4. The highest BCUT2D eigenvalue weighted by atomic mass is 16.1. The fraction of sp³-hybridized carbons (Fsp3) is 0.111. The van der Waals surface area contributed by atoms with Crippen molar-refractivity contribution in [1.29, 1.82) is 0 Å². The standard InChI is InChI=1S/C9H8N4O/c1-7-10-3-9(4-11-7)13-5-8(6-14)2-12-13/h2-6H,1H3. The first-order chi connectivity index (χ1) is 6.79. The third-order valence-corrected chi connectivity index (χ3v) is 1.77. The second-order valence-electron chi connectivity index (χ2n) is 2.82. The Labute approximate surface area is 80.4 Å². The highest BCUT2D eigenvalue weighted by Gasteiger charge is 2.00. The molecule has 0 aromatic carbocycles. The van der Waals surface area contributed by atoms with Gasteiger partial charge in [0.25, 0.3) is 0 Å². The minimum atomic E-state index is 0.533. The van der Waals surface area contributed by atoms with E-state index in [2.05, 4.69) is 15.1 Å². The highest BCUT2D eigenvalue weighted by Crippen LogP contribution is 2.04. The van der Waals surface area contributed by atoms with Crippen LogP contribution in [-0.2, 0) is 0 Å². The molecule has 0 atom stereocenters. The zero-order valence-corrected chi connectivity index (χ0v) is 7.58. The number of carbonyl (C=O) groups is 1. The first-order valence-electron chi connectivity index (χ1n) is 4.08. The summed E-state index contributed by atoms with van der Waals surface area (Å²) in [5, 5.41) is 3.99. The van der Waals surface area contributed by atoms with Gasteiger partial charge in [0, 0.05) is 6.20 Å². The maximum Gasteiger partial charge on any atom is 0.153 e. The Balaban J connectivity index is 2.39. The minimum absolute atomic E-state index is 0.533. The largest absolute Gasteiger partial charge is 0.298 e. The molecule has 0 radical (unpaired) electrons. The second kappa shape index (κ2) is 3.37. The number of hydrogen-bond donors (Lipinski definition) is 0. The molecule has 0 aliphatic carbocycles. The lowest BCUT2D eigenvalue weighted by Gasteiger charge is -1.98. The summed E-state index contributed by atoms with van der Waals surface area (Å²) in [5.41, 5.74) is 1.27. The molecule has 5 heteroatoms. The summed E-state index contributed by atoms with van der Waals surface area (Å²) in [6, 6.07) is 0. The molecule has 5 nitrogen and oxygen atoms in total. The summed E-state index contributed by atoms with van der Waals surface area (Å²) in [6.45, 7) is 1.81. The fourth-order valence-corrected chi connectivity index (χ4v) is 1.04. The molecule has 0 unspecified atom stereocenters. The molecule has 0 N–H and O–H groups in total. The van der Waals surface area contributed by atoms with E-state index in [-0.39, 0.29) is 0 Å². The van der Waals surface area contributed by atoms with E-state index < -0.39 is 0 Å². The molecule has 2 aromatic rings. The van der Waals surface area contributed by atoms with Gasteiger partial charge in [0.1, 0.15) is 11.5 Å². The van der Waals surface area contributed by atoms with Crippen LogP contribution in [0, 0.1) is 6.92 Å². The number of rotatable bonds is 2. The predicted octanol–water partition coefficient (Wildman–Crippen LogP) is 0.783. The van der Waals surface area contributed by atoms with Crippen molar-refractivity contribution in [3.63, 3.8) is 0 Å². The summed E-state index contributed by atoms with van der Waals surface area (Å²) in [7, 11) is 0. The van der Waals surface area contributed by atoms with Crippen LogP contribution in [0.15, 0.2) is 24.8 Å². The van der Waals surface area contributed by atoms with E-state index in [4.69, 9.17) is 0 Å². The van der Waals surface area contributed by atoms with Crippen LogP contribution in [0.5, 0.6) is 0 Å². The summed E-state index contributed by atoms with van der Waals surface area (Å²) in [4.78, 5) is 18.5. The number of aromatic nitrogens is 4. The zero-order valence-electron chi connectivity index (χ0n) is 7.58. The molecule has 70 valence electrons. The zero-order chi connectivity index (χ0) is 9.97. The molecule has 2 heterocycles. The van der Waals surface area contributed by atoms with E-state index in [0.29, 0.717) is 11.4 Å². The van der Waals surface area contributed by atoms with E-state index >= 15 is 0 Å². The monoisotopic (exact) mass is 188 g/mol. The molecule has 14 heavy (non-hydrogen) atoms. The predicted molar refractivity (Wildman–Crippen MR) is 49.3 cm³/mol. The van der Waals surface area contributed by atoms with Gasteiger partial charge in [-0.25, -0.2) is 14.6 Å².